The van der Waals surface area contributed by atoms with E-state index in [0.29, 0.717) is 16.5 Å². The second-order valence-corrected chi connectivity index (χ2v) is 5.43. The summed E-state index contributed by atoms with van der Waals surface area (Å²) in [5.41, 5.74) is 1.71. The van der Waals surface area contributed by atoms with Crippen molar-refractivity contribution in [2.24, 2.45) is 5.92 Å². The van der Waals surface area contributed by atoms with E-state index in [9.17, 15) is 9.50 Å². The lowest BCUT2D eigenvalue weighted by Crippen LogP contribution is -2.03. The molecular formula is C16H14ClFO. The molecule has 3 unspecified atom stereocenters. The summed E-state index contributed by atoms with van der Waals surface area (Å²) in [5.74, 6) is 0.104. The minimum absolute atomic E-state index is 0.127. The second kappa shape index (κ2) is 4.95. The van der Waals surface area contributed by atoms with E-state index in [4.69, 9.17) is 11.6 Å². The minimum Gasteiger partial charge on any atom is -0.388 e. The molecule has 0 saturated heterocycles. The fourth-order valence-corrected chi connectivity index (χ4v) is 2.85. The van der Waals surface area contributed by atoms with Crippen molar-refractivity contribution >= 4 is 11.6 Å². The molecule has 19 heavy (non-hydrogen) atoms. The molecular weight excluding hydrogens is 263 g/mol. The first kappa shape index (κ1) is 12.6. The topological polar surface area (TPSA) is 20.2 Å². The summed E-state index contributed by atoms with van der Waals surface area (Å²) < 4.78 is 13.2. The molecule has 1 nitrogen and oxygen atoms in total. The first-order chi connectivity index (χ1) is 9.16. The maximum absolute atomic E-state index is 13.2. The summed E-state index contributed by atoms with van der Waals surface area (Å²) in [6.07, 6.45) is 0.214. The van der Waals surface area contributed by atoms with Crippen molar-refractivity contribution in [1.29, 1.82) is 0 Å². The molecule has 2 aromatic carbocycles. The fraction of sp³-hybridized carbons (Fsp3) is 0.250. The summed E-state index contributed by atoms with van der Waals surface area (Å²) in [6, 6.07) is 14.2. The summed E-state index contributed by atoms with van der Waals surface area (Å²) in [7, 11) is 0. The highest BCUT2D eigenvalue weighted by molar-refractivity contribution is 6.31. The standard InChI is InChI=1S/C16H14ClFO/c17-15-7-6-11(18)8-14(15)16(19)13-9-12(13)10-4-2-1-3-5-10/h1-8,12-13,16,19H,9H2. The zero-order valence-electron chi connectivity index (χ0n) is 10.3. The van der Waals surface area contributed by atoms with Crippen molar-refractivity contribution in [3.05, 3.63) is 70.5 Å². The molecule has 1 fully saturated rings. The molecule has 0 aliphatic heterocycles. The van der Waals surface area contributed by atoms with E-state index >= 15 is 0 Å². The summed E-state index contributed by atoms with van der Waals surface area (Å²) in [5, 5.41) is 10.8. The van der Waals surface area contributed by atoms with Crippen LogP contribution in [0.5, 0.6) is 0 Å². The Morgan fingerprint density at radius 2 is 1.89 bits per heavy atom. The lowest BCUT2D eigenvalue weighted by atomic mass is 10.0. The van der Waals surface area contributed by atoms with Gasteiger partial charge in [0.1, 0.15) is 5.82 Å². The van der Waals surface area contributed by atoms with Gasteiger partial charge < -0.3 is 5.11 Å². The van der Waals surface area contributed by atoms with Gasteiger partial charge in [0.05, 0.1) is 6.10 Å². The van der Waals surface area contributed by atoms with E-state index in [0.717, 1.165) is 6.42 Å². The van der Waals surface area contributed by atoms with Gasteiger partial charge in [-0.15, -0.1) is 0 Å². The molecule has 1 saturated carbocycles. The van der Waals surface area contributed by atoms with Gasteiger partial charge in [0.15, 0.2) is 0 Å². The van der Waals surface area contributed by atoms with Gasteiger partial charge >= 0.3 is 0 Å². The Bertz CT molecular complexity index is 585. The van der Waals surface area contributed by atoms with Crippen LogP contribution in [0.2, 0.25) is 5.02 Å². The Labute approximate surface area is 116 Å². The highest BCUT2D eigenvalue weighted by Crippen LogP contribution is 2.54. The Morgan fingerprint density at radius 3 is 2.63 bits per heavy atom. The number of rotatable bonds is 3. The van der Waals surface area contributed by atoms with Crippen LogP contribution in [0.1, 0.15) is 29.6 Å². The fourth-order valence-electron chi connectivity index (χ4n) is 2.62. The van der Waals surface area contributed by atoms with Gasteiger partial charge in [0, 0.05) is 10.6 Å². The van der Waals surface area contributed by atoms with Crippen LogP contribution in [-0.4, -0.2) is 5.11 Å². The molecule has 0 heterocycles. The van der Waals surface area contributed by atoms with Crippen molar-refractivity contribution in [2.75, 3.05) is 0 Å². The SMILES string of the molecule is OC(c1cc(F)ccc1Cl)C1CC1c1ccccc1. The Hall–Kier alpha value is -1.38. The Kier molecular flexibility index (Phi) is 3.29. The van der Waals surface area contributed by atoms with Gasteiger partial charge in [-0.1, -0.05) is 41.9 Å². The zero-order chi connectivity index (χ0) is 13.4. The van der Waals surface area contributed by atoms with Crippen LogP contribution in [-0.2, 0) is 0 Å². The van der Waals surface area contributed by atoms with Crippen molar-refractivity contribution in [3.8, 4) is 0 Å². The molecule has 3 atom stereocenters. The molecule has 0 aromatic heterocycles. The van der Waals surface area contributed by atoms with E-state index in [1.54, 1.807) is 0 Å². The number of hydrogen-bond acceptors (Lipinski definition) is 1. The van der Waals surface area contributed by atoms with Gasteiger partial charge in [-0.2, -0.15) is 0 Å². The maximum Gasteiger partial charge on any atom is 0.123 e. The molecule has 2 aromatic rings. The number of hydrogen-bond donors (Lipinski definition) is 1. The molecule has 0 spiro atoms. The maximum atomic E-state index is 13.2. The smallest absolute Gasteiger partial charge is 0.123 e. The van der Waals surface area contributed by atoms with E-state index in [-0.39, 0.29) is 11.7 Å². The molecule has 1 N–H and O–H groups in total. The molecule has 1 aliphatic rings. The van der Waals surface area contributed by atoms with Crippen molar-refractivity contribution < 1.29 is 9.50 Å². The van der Waals surface area contributed by atoms with E-state index in [1.165, 1.54) is 23.8 Å². The van der Waals surface area contributed by atoms with Crippen molar-refractivity contribution in [3.63, 3.8) is 0 Å². The van der Waals surface area contributed by atoms with Crippen LogP contribution < -0.4 is 0 Å². The van der Waals surface area contributed by atoms with Gasteiger partial charge in [-0.25, -0.2) is 4.39 Å². The van der Waals surface area contributed by atoms with Gasteiger partial charge in [-0.3, -0.25) is 0 Å². The normalized spacial score (nSPS) is 23.1. The average molecular weight is 277 g/mol. The number of aliphatic hydroxyl groups excluding tert-OH is 1. The third-order valence-corrected chi connectivity index (χ3v) is 4.09. The predicted octanol–water partition coefficient (Wildman–Crippen LogP) is 4.32. The molecule has 98 valence electrons. The minimum atomic E-state index is -0.701. The van der Waals surface area contributed by atoms with Crippen LogP contribution in [0, 0.1) is 11.7 Å². The monoisotopic (exact) mass is 276 g/mol. The third kappa shape index (κ3) is 2.51. The largest absolute Gasteiger partial charge is 0.388 e. The van der Waals surface area contributed by atoms with E-state index in [1.807, 2.05) is 18.2 Å². The molecule has 0 amide bonds. The first-order valence-corrected chi connectivity index (χ1v) is 6.72. The Balaban J connectivity index is 1.80. The van der Waals surface area contributed by atoms with Crippen LogP contribution in [0.25, 0.3) is 0 Å². The van der Waals surface area contributed by atoms with Crippen LogP contribution >= 0.6 is 11.6 Å². The highest BCUT2D eigenvalue weighted by Gasteiger charge is 2.44. The molecule has 3 heteroatoms. The molecule has 1 aliphatic carbocycles. The predicted molar refractivity (Wildman–Crippen MR) is 73.7 cm³/mol. The zero-order valence-corrected chi connectivity index (χ0v) is 11.0. The highest BCUT2D eigenvalue weighted by atomic mass is 35.5. The molecule has 0 radical (unpaired) electrons. The lowest BCUT2D eigenvalue weighted by Gasteiger charge is -2.13. The van der Waals surface area contributed by atoms with Gasteiger partial charge in [0.25, 0.3) is 0 Å². The van der Waals surface area contributed by atoms with Crippen molar-refractivity contribution in [2.45, 2.75) is 18.4 Å². The summed E-state index contributed by atoms with van der Waals surface area (Å²) in [4.78, 5) is 0. The molecule has 0 bridgehead atoms. The Morgan fingerprint density at radius 1 is 1.16 bits per heavy atom. The summed E-state index contributed by atoms with van der Waals surface area (Å²) in [6.45, 7) is 0. The van der Waals surface area contributed by atoms with E-state index < -0.39 is 6.10 Å². The second-order valence-electron chi connectivity index (χ2n) is 5.03. The summed E-state index contributed by atoms with van der Waals surface area (Å²) >= 11 is 6.03. The quantitative estimate of drug-likeness (QED) is 0.885. The third-order valence-electron chi connectivity index (χ3n) is 3.75. The number of halogens is 2. The van der Waals surface area contributed by atoms with Crippen LogP contribution in [0.3, 0.4) is 0 Å². The first-order valence-electron chi connectivity index (χ1n) is 6.35. The average Bonchev–Trinajstić information content (AvgIpc) is 3.22. The van der Waals surface area contributed by atoms with Gasteiger partial charge in [0.2, 0.25) is 0 Å². The van der Waals surface area contributed by atoms with Crippen molar-refractivity contribution in [1.82, 2.24) is 0 Å². The van der Waals surface area contributed by atoms with E-state index in [2.05, 4.69) is 12.1 Å². The van der Waals surface area contributed by atoms with Gasteiger partial charge in [-0.05, 0) is 42.0 Å². The lowest BCUT2D eigenvalue weighted by molar-refractivity contribution is 0.151. The number of benzene rings is 2. The number of aliphatic hydroxyl groups is 1. The molecule has 3 rings (SSSR count). The van der Waals surface area contributed by atoms with Crippen LogP contribution in [0.15, 0.2) is 48.5 Å². The van der Waals surface area contributed by atoms with Crippen LogP contribution in [0.4, 0.5) is 4.39 Å².